The predicted molar refractivity (Wildman–Crippen MR) is 86.6 cm³/mol. The van der Waals surface area contributed by atoms with Crippen molar-refractivity contribution in [1.82, 2.24) is 20.1 Å². The summed E-state index contributed by atoms with van der Waals surface area (Å²) in [4.78, 5) is 18.4. The highest BCUT2D eigenvalue weighted by Crippen LogP contribution is 2.23. The van der Waals surface area contributed by atoms with Crippen LogP contribution in [0.2, 0.25) is 0 Å². The normalized spacial score (nSPS) is 18.0. The number of amides is 2. The van der Waals surface area contributed by atoms with Crippen LogP contribution in [-0.4, -0.2) is 45.8 Å². The van der Waals surface area contributed by atoms with Crippen molar-refractivity contribution < 1.29 is 13.9 Å². The lowest BCUT2D eigenvalue weighted by Gasteiger charge is -2.31. The van der Waals surface area contributed by atoms with Gasteiger partial charge in [-0.05, 0) is 19.1 Å². The molecule has 1 saturated heterocycles. The van der Waals surface area contributed by atoms with Gasteiger partial charge in [-0.1, -0.05) is 19.9 Å². The summed E-state index contributed by atoms with van der Waals surface area (Å²) in [6.07, 6.45) is -0.407. The van der Waals surface area contributed by atoms with Gasteiger partial charge in [0.05, 0.1) is 13.2 Å². The summed E-state index contributed by atoms with van der Waals surface area (Å²) in [6, 6.07) is 5.27. The molecule has 24 heavy (non-hydrogen) atoms. The standard InChI is InChI=1S/C16H21N5O3/c1-10(2)14-19-20-15(24-14)12-9-21(7-8-23-12)16(22)18-13-6-4-5-11(3)17-13/h4-6,10,12H,7-9H2,1-3H3,(H,17,18,22). The van der Waals surface area contributed by atoms with E-state index in [1.54, 1.807) is 11.0 Å². The Balaban J connectivity index is 1.65. The van der Waals surface area contributed by atoms with E-state index in [-0.39, 0.29) is 11.9 Å². The second-order valence-electron chi connectivity index (χ2n) is 6.03. The van der Waals surface area contributed by atoms with Crippen molar-refractivity contribution in [2.75, 3.05) is 25.0 Å². The van der Waals surface area contributed by atoms with Crippen LogP contribution in [-0.2, 0) is 4.74 Å². The van der Waals surface area contributed by atoms with Crippen LogP contribution in [0.4, 0.5) is 10.6 Å². The van der Waals surface area contributed by atoms with Crippen molar-refractivity contribution >= 4 is 11.8 Å². The summed E-state index contributed by atoms with van der Waals surface area (Å²) < 4.78 is 11.3. The molecule has 3 rings (SSSR count). The summed E-state index contributed by atoms with van der Waals surface area (Å²) in [5.41, 5.74) is 0.847. The van der Waals surface area contributed by atoms with E-state index in [0.717, 1.165) is 5.69 Å². The first kappa shape index (κ1) is 16.4. The molecule has 0 aliphatic carbocycles. The van der Waals surface area contributed by atoms with Crippen molar-refractivity contribution in [2.45, 2.75) is 32.8 Å². The largest absolute Gasteiger partial charge is 0.422 e. The summed E-state index contributed by atoms with van der Waals surface area (Å²) in [5.74, 6) is 1.66. The molecular weight excluding hydrogens is 310 g/mol. The molecule has 8 heteroatoms. The Bertz CT molecular complexity index is 715. The highest BCUT2D eigenvalue weighted by Gasteiger charge is 2.29. The average Bonchev–Trinajstić information content (AvgIpc) is 3.05. The van der Waals surface area contributed by atoms with E-state index in [0.29, 0.717) is 37.3 Å². The third-order valence-corrected chi connectivity index (χ3v) is 3.70. The maximum atomic E-state index is 12.4. The van der Waals surface area contributed by atoms with Crippen LogP contribution >= 0.6 is 0 Å². The summed E-state index contributed by atoms with van der Waals surface area (Å²) >= 11 is 0. The Morgan fingerprint density at radius 3 is 2.92 bits per heavy atom. The summed E-state index contributed by atoms with van der Waals surface area (Å²) in [5, 5.41) is 10.9. The van der Waals surface area contributed by atoms with Gasteiger partial charge in [0.2, 0.25) is 11.8 Å². The molecule has 1 aliphatic heterocycles. The molecule has 2 aromatic heterocycles. The molecule has 0 saturated carbocycles. The number of pyridine rings is 1. The van der Waals surface area contributed by atoms with Gasteiger partial charge >= 0.3 is 6.03 Å². The molecule has 8 nitrogen and oxygen atoms in total. The Hall–Kier alpha value is -2.48. The second-order valence-corrected chi connectivity index (χ2v) is 6.03. The minimum absolute atomic E-state index is 0.154. The van der Waals surface area contributed by atoms with Gasteiger partial charge in [0.25, 0.3) is 0 Å². The maximum absolute atomic E-state index is 12.4. The van der Waals surface area contributed by atoms with Gasteiger partial charge in [0, 0.05) is 18.2 Å². The molecule has 128 valence electrons. The van der Waals surface area contributed by atoms with Gasteiger partial charge in [0.15, 0.2) is 6.10 Å². The second kappa shape index (κ2) is 6.96. The number of anilines is 1. The molecule has 1 unspecified atom stereocenters. The minimum atomic E-state index is -0.407. The van der Waals surface area contributed by atoms with E-state index in [1.807, 2.05) is 32.9 Å². The molecule has 1 aliphatic rings. The fraction of sp³-hybridized carbons (Fsp3) is 0.500. The zero-order chi connectivity index (χ0) is 17.1. The van der Waals surface area contributed by atoms with Crippen LogP contribution in [0.25, 0.3) is 0 Å². The number of aromatic nitrogens is 3. The molecule has 2 aromatic rings. The molecule has 1 fully saturated rings. The highest BCUT2D eigenvalue weighted by molar-refractivity contribution is 5.88. The van der Waals surface area contributed by atoms with Crippen molar-refractivity contribution in [3.05, 3.63) is 35.7 Å². The Morgan fingerprint density at radius 2 is 2.21 bits per heavy atom. The molecule has 0 radical (unpaired) electrons. The fourth-order valence-corrected chi connectivity index (χ4v) is 2.39. The van der Waals surface area contributed by atoms with E-state index in [2.05, 4.69) is 20.5 Å². The summed E-state index contributed by atoms with van der Waals surface area (Å²) in [6.45, 7) is 7.11. The lowest BCUT2D eigenvalue weighted by molar-refractivity contribution is -0.0276. The van der Waals surface area contributed by atoms with Gasteiger partial charge in [-0.15, -0.1) is 10.2 Å². The van der Waals surface area contributed by atoms with Gasteiger partial charge in [-0.3, -0.25) is 5.32 Å². The van der Waals surface area contributed by atoms with Gasteiger partial charge < -0.3 is 14.1 Å². The highest BCUT2D eigenvalue weighted by atomic mass is 16.5. The monoisotopic (exact) mass is 331 g/mol. The number of carbonyl (C=O) groups excluding carboxylic acids is 1. The number of carbonyl (C=O) groups is 1. The maximum Gasteiger partial charge on any atom is 0.323 e. The van der Waals surface area contributed by atoms with E-state index >= 15 is 0 Å². The molecule has 2 amide bonds. The quantitative estimate of drug-likeness (QED) is 0.929. The van der Waals surface area contributed by atoms with Crippen molar-refractivity contribution in [3.63, 3.8) is 0 Å². The molecule has 1 N–H and O–H groups in total. The Morgan fingerprint density at radius 1 is 1.38 bits per heavy atom. The SMILES string of the molecule is Cc1cccc(NC(=O)N2CCOC(c3nnc(C(C)C)o3)C2)n1. The van der Waals surface area contributed by atoms with Crippen LogP contribution < -0.4 is 5.32 Å². The predicted octanol–water partition coefficient (Wildman–Crippen LogP) is 2.50. The summed E-state index contributed by atoms with van der Waals surface area (Å²) in [7, 11) is 0. The van der Waals surface area contributed by atoms with E-state index in [1.165, 1.54) is 0 Å². The van der Waals surface area contributed by atoms with Crippen LogP contribution in [0, 0.1) is 6.92 Å². The first-order valence-electron chi connectivity index (χ1n) is 7.97. The van der Waals surface area contributed by atoms with Gasteiger partial charge in [-0.2, -0.15) is 0 Å². The topological polar surface area (TPSA) is 93.4 Å². The Labute approximate surface area is 140 Å². The molecular formula is C16H21N5O3. The molecule has 0 bridgehead atoms. The van der Waals surface area contributed by atoms with Gasteiger partial charge in [-0.25, -0.2) is 9.78 Å². The molecule has 0 spiro atoms. The van der Waals surface area contributed by atoms with Crippen molar-refractivity contribution in [1.29, 1.82) is 0 Å². The molecule has 3 heterocycles. The van der Waals surface area contributed by atoms with E-state index in [4.69, 9.17) is 9.15 Å². The number of ether oxygens (including phenoxy) is 1. The van der Waals surface area contributed by atoms with E-state index < -0.39 is 6.10 Å². The number of hydrogen-bond donors (Lipinski definition) is 1. The number of urea groups is 1. The van der Waals surface area contributed by atoms with Crippen LogP contribution in [0.1, 0.15) is 43.3 Å². The number of hydrogen-bond acceptors (Lipinski definition) is 6. The third-order valence-electron chi connectivity index (χ3n) is 3.70. The average molecular weight is 331 g/mol. The van der Waals surface area contributed by atoms with Crippen molar-refractivity contribution in [2.24, 2.45) is 0 Å². The number of morpholine rings is 1. The first-order chi connectivity index (χ1) is 11.5. The van der Waals surface area contributed by atoms with Crippen LogP contribution in [0.15, 0.2) is 22.6 Å². The smallest absolute Gasteiger partial charge is 0.323 e. The number of rotatable bonds is 3. The fourth-order valence-electron chi connectivity index (χ4n) is 2.39. The lowest BCUT2D eigenvalue weighted by Crippen LogP contribution is -2.44. The van der Waals surface area contributed by atoms with Gasteiger partial charge in [0.1, 0.15) is 5.82 Å². The zero-order valence-corrected chi connectivity index (χ0v) is 14.0. The minimum Gasteiger partial charge on any atom is -0.422 e. The molecule has 1 atom stereocenters. The third kappa shape index (κ3) is 3.70. The van der Waals surface area contributed by atoms with Crippen LogP contribution in [0.3, 0.4) is 0 Å². The van der Waals surface area contributed by atoms with E-state index in [9.17, 15) is 4.79 Å². The van der Waals surface area contributed by atoms with Crippen LogP contribution in [0.5, 0.6) is 0 Å². The number of nitrogens with zero attached hydrogens (tertiary/aromatic N) is 4. The zero-order valence-electron chi connectivity index (χ0n) is 14.0. The van der Waals surface area contributed by atoms with Crippen molar-refractivity contribution in [3.8, 4) is 0 Å². The molecule has 0 aromatic carbocycles. The number of aryl methyl sites for hydroxylation is 1. The Kier molecular flexibility index (Phi) is 4.75. The number of nitrogens with one attached hydrogen (secondary N) is 1. The lowest BCUT2D eigenvalue weighted by atomic mass is 10.2. The first-order valence-corrected chi connectivity index (χ1v) is 7.97.